The van der Waals surface area contributed by atoms with E-state index in [1.807, 2.05) is 29.8 Å². The lowest BCUT2D eigenvalue weighted by molar-refractivity contribution is -0.119. The maximum atomic E-state index is 12.5. The van der Waals surface area contributed by atoms with Crippen molar-refractivity contribution in [3.63, 3.8) is 0 Å². The van der Waals surface area contributed by atoms with E-state index < -0.39 is 0 Å². The van der Waals surface area contributed by atoms with Gasteiger partial charge in [0.1, 0.15) is 5.78 Å². The quantitative estimate of drug-likeness (QED) is 0.823. The Labute approximate surface area is 133 Å². The molecule has 2 atom stereocenters. The van der Waals surface area contributed by atoms with Crippen molar-refractivity contribution in [1.29, 1.82) is 0 Å². The van der Waals surface area contributed by atoms with Gasteiger partial charge in [0.2, 0.25) is 0 Å². The number of carbonyl (C=O) groups excluding carboxylic acids is 1. The minimum atomic E-state index is 0.180. The van der Waals surface area contributed by atoms with Crippen LogP contribution < -0.4 is 0 Å². The van der Waals surface area contributed by atoms with Crippen LogP contribution in [0.4, 0.5) is 0 Å². The summed E-state index contributed by atoms with van der Waals surface area (Å²) in [4.78, 5) is 12.5. The molecule has 0 N–H and O–H groups in total. The van der Waals surface area contributed by atoms with Gasteiger partial charge in [0.15, 0.2) is 0 Å². The van der Waals surface area contributed by atoms with Gasteiger partial charge in [-0.15, -0.1) is 0 Å². The topological polar surface area (TPSA) is 34.9 Å². The minimum absolute atomic E-state index is 0.180. The number of nitrogens with zero attached hydrogens (tertiary/aromatic N) is 2. The van der Waals surface area contributed by atoms with E-state index in [4.69, 9.17) is 0 Å². The smallest absolute Gasteiger partial charge is 0.142 e. The Bertz CT molecular complexity index is 663. The second-order valence-electron chi connectivity index (χ2n) is 5.66. The largest absolute Gasteiger partial charge is 0.299 e. The van der Waals surface area contributed by atoms with E-state index in [0.29, 0.717) is 18.1 Å². The van der Waals surface area contributed by atoms with Crippen LogP contribution in [0.15, 0.2) is 34.8 Å². The average Bonchev–Trinajstić information content (AvgIpc) is 3.26. The van der Waals surface area contributed by atoms with Gasteiger partial charge in [0, 0.05) is 18.9 Å². The summed E-state index contributed by atoms with van der Waals surface area (Å²) < 4.78 is 2.91. The fourth-order valence-electron chi connectivity index (χ4n) is 2.95. The summed E-state index contributed by atoms with van der Waals surface area (Å²) in [6.45, 7) is 4.81. The van der Waals surface area contributed by atoms with Crippen molar-refractivity contribution < 1.29 is 4.79 Å². The number of Topliss-reactive ketones (excluding diaryl/α,β-unsaturated/α-hetero) is 1. The highest BCUT2D eigenvalue weighted by Crippen LogP contribution is 2.48. The normalized spacial score (nSPS) is 20.5. The monoisotopic (exact) mass is 346 g/mol. The first-order chi connectivity index (χ1) is 10.1. The van der Waals surface area contributed by atoms with E-state index in [1.54, 1.807) is 0 Å². The lowest BCUT2D eigenvalue weighted by Crippen LogP contribution is -2.12. The van der Waals surface area contributed by atoms with Crippen molar-refractivity contribution in [3.8, 4) is 0 Å². The zero-order valence-electron chi connectivity index (χ0n) is 12.3. The maximum Gasteiger partial charge on any atom is 0.142 e. The van der Waals surface area contributed by atoms with Crippen LogP contribution >= 0.6 is 15.9 Å². The Kier molecular flexibility index (Phi) is 3.98. The van der Waals surface area contributed by atoms with Gasteiger partial charge in [0.25, 0.3) is 0 Å². The first-order valence-electron chi connectivity index (χ1n) is 7.41. The Morgan fingerprint density at radius 1 is 1.38 bits per heavy atom. The molecule has 1 saturated carbocycles. The number of halogens is 1. The van der Waals surface area contributed by atoms with Gasteiger partial charge in [-0.2, -0.15) is 5.10 Å². The molecule has 4 heteroatoms. The number of hydrogen-bond donors (Lipinski definition) is 0. The number of aryl methyl sites for hydroxylation is 2. The standard InChI is InChI=1S/C17H19BrN2O/c1-3-20-15(17(18)11(2)19-20)10-16(21)14-9-13(14)12-7-5-4-6-8-12/h4-8,13-14H,3,9-10H2,1-2H3. The lowest BCUT2D eigenvalue weighted by Gasteiger charge is -2.05. The summed E-state index contributed by atoms with van der Waals surface area (Å²) >= 11 is 3.56. The molecule has 1 aliphatic carbocycles. The van der Waals surface area contributed by atoms with Gasteiger partial charge in [0.05, 0.1) is 15.9 Å². The van der Waals surface area contributed by atoms with Crippen LogP contribution in [-0.4, -0.2) is 15.6 Å². The Balaban J connectivity index is 1.71. The van der Waals surface area contributed by atoms with Gasteiger partial charge < -0.3 is 0 Å². The first-order valence-corrected chi connectivity index (χ1v) is 8.20. The average molecular weight is 347 g/mol. The highest BCUT2D eigenvalue weighted by Gasteiger charge is 2.43. The molecule has 110 valence electrons. The summed E-state index contributed by atoms with van der Waals surface area (Å²) in [6.07, 6.45) is 1.46. The van der Waals surface area contributed by atoms with Crippen LogP contribution in [0.5, 0.6) is 0 Å². The molecule has 0 amide bonds. The Morgan fingerprint density at radius 2 is 2.10 bits per heavy atom. The van der Waals surface area contributed by atoms with Crippen molar-refractivity contribution in [2.75, 3.05) is 0 Å². The van der Waals surface area contributed by atoms with E-state index in [0.717, 1.165) is 28.8 Å². The molecule has 3 nitrogen and oxygen atoms in total. The molecule has 3 rings (SSSR count). The van der Waals surface area contributed by atoms with E-state index in [-0.39, 0.29) is 5.92 Å². The zero-order valence-corrected chi connectivity index (χ0v) is 13.9. The van der Waals surface area contributed by atoms with Crippen molar-refractivity contribution >= 4 is 21.7 Å². The molecular formula is C17H19BrN2O. The third-order valence-corrected chi connectivity index (χ3v) is 5.26. The van der Waals surface area contributed by atoms with Gasteiger partial charge in [-0.05, 0) is 47.7 Å². The molecular weight excluding hydrogens is 328 g/mol. The Morgan fingerprint density at radius 3 is 2.76 bits per heavy atom. The van der Waals surface area contributed by atoms with Crippen molar-refractivity contribution in [2.45, 2.75) is 39.2 Å². The van der Waals surface area contributed by atoms with Crippen LogP contribution in [0.25, 0.3) is 0 Å². The van der Waals surface area contributed by atoms with E-state index in [2.05, 4.69) is 40.1 Å². The number of aromatic nitrogens is 2. The molecule has 0 bridgehead atoms. The second-order valence-corrected chi connectivity index (χ2v) is 6.46. The predicted octanol–water partition coefficient (Wildman–Crippen LogP) is 3.89. The molecule has 1 heterocycles. The van der Waals surface area contributed by atoms with Crippen LogP contribution in [0.2, 0.25) is 0 Å². The fourth-order valence-corrected chi connectivity index (χ4v) is 3.38. The molecule has 0 saturated heterocycles. The highest BCUT2D eigenvalue weighted by atomic mass is 79.9. The van der Waals surface area contributed by atoms with E-state index in [1.165, 1.54) is 5.56 Å². The van der Waals surface area contributed by atoms with Gasteiger partial charge in [-0.3, -0.25) is 9.48 Å². The van der Waals surface area contributed by atoms with Crippen LogP contribution in [0.1, 0.15) is 36.2 Å². The van der Waals surface area contributed by atoms with Crippen LogP contribution in [-0.2, 0) is 17.8 Å². The number of rotatable bonds is 5. The van der Waals surface area contributed by atoms with E-state index >= 15 is 0 Å². The highest BCUT2D eigenvalue weighted by molar-refractivity contribution is 9.10. The van der Waals surface area contributed by atoms with Gasteiger partial charge in [-0.25, -0.2) is 0 Å². The van der Waals surface area contributed by atoms with Crippen LogP contribution in [0.3, 0.4) is 0 Å². The number of ketones is 1. The fraction of sp³-hybridized carbons (Fsp3) is 0.412. The maximum absolute atomic E-state index is 12.5. The van der Waals surface area contributed by atoms with Crippen molar-refractivity contribution in [2.24, 2.45) is 5.92 Å². The minimum Gasteiger partial charge on any atom is -0.299 e. The molecule has 0 radical (unpaired) electrons. The molecule has 0 aliphatic heterocycles. The predicted molar refractivity (Wildman–Crippen MR) is 86.3 cm³/mol. The first kappa shape index (κ1) is 14.5. The molecule has 2 unspecified atom stereocenters. The molecule has 2 aromatic rings. The third-order valence-electron chi connectivity index (χ3n) is 4.23. The summed E-state index contributed by atoms with van der Waals surface area (Å²) in [5.41, 5.74) is 3.25. The Hall–Kier alpha value is -1.42. The molecule has 1 aromatic heterocycles. The summed E-state index contributed by atoms with van der Waals surface area (Å²) in [5.74, 6) is 0.926. The molecule has 1 aliphatic rings. The molecule has 1 aromatic carbocycles. The zero-order chi connectivity index (χ0) is 15.0. The third kappa shape index (κ3) is 2.82. The van der Waals surface area contributed by atoms with Crippen LogP contribution in [0, 0.1) is 12.8 Å². The number of benzene rings is 1. The molecule has 0 spiro atoms. The number of carbonyl (C=O) groups is 1. The molecule has 1 fully saturated rings. The van der Waals surface area contributed by atoms with Gasteiger partial charge in [-0.1, -0.05) is 30.3 Å². The molecule has 21 heavy (non-hydrogen) atoms. The SMILES string of the molecule is CCn1nc(C)c(Br)c1CC(=O)C1CC1c1ccccc1. The summed E-state index contributed by atoms with van der Waals surface area (Å²) in [7, 11) is 0. The van der Waals surface area contributed by atoms with E-state index in [9.17, 15) is 4.79 Å². The van der Waals surface area contributed by atoms with Crippen molar-refractivity contribution in [1.82, 2.24) is 9.78 Å². The summed E-state index contributed by atoms with van der Waals surface area (Å²) in [6, 6.07) is 10.3. The second kappa shape index (κ2) is 5.76. The number of hydrogen-bond acceptors (Lipinski definition) is 2. The lowest BCUT2D eigenvalue weighted by atomic mass is 10.1. The van der Waals surface area contributed by atoms with Crippen molar-refractivity contribution in [3.05, 3.63) is 51.8 Å². The summed E-state index contributed by atoms with van der Waals surface area (Å²) in [5, 5.41) is 4.46. The van der Waals surface area contributed by atoms with Gasteiger partial charge >= 0.3 is 0 Å².